The second kappa shape index (κ2) is 8.14. The van der Waals surface area contributed by atoms with Gasteiger partial charge >= 0.3 is 12.1 Å². The van der Waals surface area contributed by atoms with Gasteiger partial charge in [-0.25, -0.2) is 14.6 Å². The number of aliphatic carboxylic acids is 1. The first kappa shape index (κ1) is 16.8. The second-order valence-corrected chi connectivity index (χ2v) is 5.11. The number of carbonyl (C=O) groups is 2. The molecule has 0 radical (unpaired) electrons. The van der Waals surface area contributed by atoms with E-state index < -0.39 is 18.1 Å². The fourth-order valence-corrected chi connectivity index (χ4v) is 2.10. The van der Waals surface area contributed by atoms with Crippen LogP contribution >= 0.6 is 11.6 Å². The minimum Gasteiger partial charge on any atom is -0.480 e. The van der Waals surface area contributed by atoms with Crippen LogP contribution < -0.4 is 5.32 Å². The largest absolute Gasteiger partial charge is 0.480 e. The number of halogens is 1. The Morgan fingerprint density at radius 2 is 1.96 bits per heavy atom. The number of hydrogen-bond donors (Lipinski definition) is 2. The average molecular weight is 335 g/mol. The van der Waals surface area contributed by atoms with Crippen LogP contribution in [0.3, 0.4) is 0 Å². The number of rotatable bonds is 6. The number of amides is 1. The van der Waals surface area contributed by atoms with E-state index in [4.69, 9.17) is 16.3 Å². The van der Waals surface area contributed by atoms with E-state index in [1.54, 1.807) is 24.3 Å². The summed E-state index contributed by atoms with van der Waals surface area (Å²) in [6.45, 7) is 0.0622. The van der Waals surface area contributed by atoms with Crippen LogP contribution in [-0.4, -0.2) is 28.2 Å². The molecule has 0 saturated heterocycles. The quantitative estimate of drug-likeness (QED) is 0.793. The van der Waals surface area contributed by atoms with Crippen LogP contribution in [0.15, 0.2) is 48.7 Å². The number of aromatic nitrogens is 1. The minimum absolute atomic E-state index is 0.0163. The van der Waals surface area contributed by atoms with Gasteiger partial charge in [0.1, 0.15) is 17.8 Å². The number of carboxylic acid groups (broad SMARTS) is 1. The van der Waals surface area contributed by atoms with Crippen LogP contribution in [0.5, 0.6) is 0 Å². The summed E-state index contributed by atoms with van der Waals surface area (Å²) in [5, 5.41) is 11.7. The zero-order valence-electron chi connectivity index (χ0n) is 12.1. The Labute approximate surface area is 138 Å². The summed E-state index contributed by atoms with van der Waals surface area (Å²) >= 11 is 5.90. The lowest BCUT2D eigenvalue weighted by atomic mass is 10.1. The fourth-order valence-electron chi connectivity index (χ4n) is 1.90. The van der Waals surface area contributed by atoms with Gasteiger partial charge in [-0.05, 0) is 17.2 Å². The molecule has 0 saturated carbocycles. The molecule has 0 bridgehead atoms. The molecule has 23 heavy (non-hydrogen) atoms. The lowest BCUT2D eigenvalue weighted by Gasteiger charge is -2.15. The molecule has 0 fully saturated rings. The highest BCUT2D eigenvalue weighted by atomic mass is 35.5. The predicted molar refractivity (Wildman–Crippen MR) is 84.1 cm³/mol. The number of carbonyl (C=O) groups excluding carboxylic acids is 1. The average Bonchev–Trinajstić information content (AvgIpc) is 2.55. The molecule has 1 aromatic heterocycles. The second-order valence-electron chi connectivity index (χ2n) is 4.75. The summed E-state index contributed by atoms with van der Waals surface area (Å²) in [7, 11) is 0. The molecule has 0 spiro atoms. The van der Waals surface area contributed by atoms with E-state index in [2.05, 4.69) is 10.3 Å². The highest BCUT2D eigenvalue weighted by Gasteiger charge is 2.22. The van der Waals surface area contributed by atoms with E-state index in [9.17, 15) is 14.7 Å². The van der Waals surface area contributed by atoms with Gasteiger partial charge in [-0.3, -0.25) is 0 Å². The Morgan fingerprint density at radius 3 is 2.61 bits per heavy atom. The molecule has 1 aromatic carbocycles. The van der Waals surface area contributed by atoms with Gasteiger partial charge in [0.05, 0.1) is 0 Å². The van der Waals surface area contributed by atoms with E-state index in [0.717, 1.165) is 5.56 Å². The lowest BCUT2D eigenvalue weighted by molar-refractivity contribution is -0.139. The number of nitrogens with zero attached hydrogens (tertiary/aromatic N) is 1. The Morgan fingerprint density at radius 1 is 1.22 bits per heavy atom. The first-order chi connectivity index (χ1) is 11.1. The first-order valence-electron chi connectivity index (χ1n) is 6.85. The Bertz CT molecular complexity index is 679. The molecular formula is C16H15ClN2O4. The summed E-state index contributed by atoms with van der Waals surface area (Å²) < 4.78 is 5.01. The van der Waals surface area contributed by atoms with Crippen LogP contribution in [0.25, 0.3) is 0 Å². The van der Waals surface area contributed by atoms with Crippen LogP contribution in [0, 0.1) is 0 Å². The molecule has 2 N–H and O–H groups in total. The number of benzene rings is 1. The lowest BCUT2D eigenvalue weighted by Crippen LogP contribution is -2.42. The van der Waals surface area contributed by atoms with E-state index in [-0.39, 0.29) is 18.2 Å². The van der Waals surface area contributed by atoms with Gasteiger partial charge in [-0.1, -0.05) is 48.0 Å². The number of ether oxygens (including phenoxy) is 1. The zero-order valence-corrected chi connectivity index (χ0v) is 12.9. The van der Waals surface area contributed by atoms with Gasteiger partial charge in [0, 0.05) is 12.6 Å². The summed E-state index contributed by atoms with van der Waals surface area (Å²) in [6, 6.07) is 11.2. The van der Waals surface area contributed by atoms with Crippen molar-refractivity contribution in [3.8, 4) is 0 Å². The molecule has 0 aliphatic heterocycles. The van der Waals surface area contributed by atoms with E-state index in [1.807, 2.05) is 18.2 Å². The van der Waals surface area contributed by atoms with Crippen molar-refractivity contribution in [2.75, 3.05) is 0 Å². The SMILES string of the molecule is O=C(NC(Cc1cccnc1Cl)C(=O)O)OCc1ccccc1. The van der Waals surface area contributed by atoms with Gasteiger partial charge in [0.2, 0.25) is 0 Å². The van der Waals surface area contributed by atoms with Crippen LogP contribution in [0.4, 0.5) is 4.79 Å². The maximum atomic E-state index is 11.8. The zero-order chi connectivity index (χ0) is 16.7. The normalized spacial score (nSPS) is 11.5. The van der Waals surface area contributed by atoms with Crippen LogP contribution in [0.1, 0.15) is 11.1 Å². The van der Waals surface area contributed by atoms with Crippen molar-refractivity contribution in [1.29, 1.82) is 0 Å². The monoisotopic (exact) mass is 334 g/mol. The van der Waals surface area contributed by atoms with Crippen molar-refractivity contribution < 1.29 is 19.4 Å². The Kier molecular flexibility index (Phi) is 5.94. The summed E-state index contributed by atoms with van der Waals surface area (Å²) in [5.74, 6) is -1.18. The molecule has 1 amide bonds. The molecule has 0 aliphatic rings. The van der Waals surface area contributed by atoms with Gasteiger partial charge in [0.25, 0.3) is 0 Å². The van der Waals surface area contributed by atoms with Crippen molar-refractivity contribution in [3.63, 3.8) is 0 Å². The number of alkyl carbamates (subject to hydrolysis) is 1. The van der Waals surface area contributed by atoms with Crippen LogP contribution in [0.2, 0.25) is 5.15 Å². The third kappa shape index (κ3) is 5.27. The van der Waals surface area contributed by atoms with Gasteiger partial charge in [-0.2, -0.15) is 0 Å². The van der Waals surface area contributed by atoms with E-state index in [0.29, 0.717) is 5.56 Å². The standard InChI is InChI=1S/C16H15ClN2O4/c17-14-12(7-4-8-18-14)9-13(15(20)21)19-16(22)23-10-11-5-2-1-3-6-11/h1-8,13H,9-10H2,(H,19,22)(H,20,21). The van der Waals surface area contributed by atoms with Crippen molar-refractivity contribution in [2.45, 2.75) is 19.1 Å². The smallest absolute Gasteiger partial charge is 0.408 e. The van der Waals surface area contributed by atoms with Crippen molar-refractivity contribution >= 4 is 23.7 Å². The number of nitrogens with one attached hydrogen (secondary N) is 1. The number of hydrogen-bond acceptors (Lipinski definition) is 4. The van der Waals surface area contributed by atoms with E-state index >= 15 is 0 Å². The predicted octanol–water partition coefficient (Wildman–Crippen LogP) is 2.66. The van der Waals surface area contributed by atoms with Crippen molar-refractivity contribution in [1.82, 2.24) is 10.3 Å². The van der Waals surface area contributed by atoms with E-state index in [1.165, 1.54) is 6.20 Å². The maximum absolute atomic E-state index is 11.8. The molecule has 120 valence electrons. The molecule has 1 heterocycles. The molecule has 2 rings (SSSR count). The number of pyridine rings is 1. The molecule has 7 heteroatoms. The topological polar surface area (TPSA) is 88.5 Å². The third-order valence-electron chi connectivity index (χ3n) is 3.06. The molecule has 6 nitrogen and oxygen atoms in total. The Hall–Kier alpha value is -2.60. The van der Waals surface area contributed by atoms with Gasteiger partial charge in [-0.15, -0.1) is 0 Å². The highest BCUT2D eigenvalue weighted by Crippen LogP contribution is 2.14. The molecule has 1 atom stereocenters. The van der Waals surface area contributed by atoms with Crippen molar-refractivity contribution in [3.05, 3.63) is 64.9 Å². The van der Waals surface area contributed by atoms with Gasteiger partial charge < -0.3 is 15.2 Å². The summed E-state index contributed by atoms with van der Waals surface area (Å²) in [5.41, 5.74) is 1.34. The molecule has 2 aromatic rings. The van der Waals surface area contributed by atoms with Gasteiger partial charge in [0.15, 0.2) is 0 Å². The molecule has 1 unspecified atom stereocenters. The summed E-state index contributed by atoms with van der Waals surface area (Å²) in [6.07, 6.45) is 0.715. The summed E-state index contributed by atoms with van der Waals surface area (Å²) in [4.78, 5) is 26.9. The Balaban J connectivity index is 1.92. The molecular weight excluding hydrogens is 320 g/mol. The fraction of sp³-hybridized carbons (Fsp3) is 0.188. The minimum atomic E-state index is -1.18. The highest BCUT2D eigenvalue weighted by molar-refractivity contribution is 6.30. The maximum Gasteiger partial charge on any atom is 0.408 e. The first-order valence-corrected chi connectivity index (χ1v) is 7.23. The van der Waals surface area contributed by atoms with Crippen molar-refractivity contribution in [2.24, 2.45) is 0 Å². The molecule has 0 aliphatic carbocycles. The number of carboxylic acids is 1. The van der Waals surface area contributed by atoms with Crippen LogP contribution in [-0.2, 0) is 22.6 Å². The third-order valence-corrected chi connectivity index (χ3v) is 3.40.